The van der Waals surface area contributed by atoms with Gasteiger partial charge in [-0.2, -0.15) is 0 Å². The number of hydrogen-bond acceptors (Lipinski definition) is 3. The van der Waals surface area contributed by atoms with Crippen molar-refractivity contribution >= 4 is 10.0 Å². The van der Waals surface area contributed by atoms with Crippen LogP contribution in [0.3, 0.4) is 0 Å². The lowest BCUT2D eigenvalue weighted by Gasteiger charge is -2.20. The number of primary sulfonamides is 1. The number of nitrogens with zero attached hydrogens (tertiary/aromatic N) is 1. The maximum absolute atomic E-state index is 11.0. The van der Waals surface area contributed by atoms with E-state index in [1.807, 2.05) is 13.0 Å². The van der Waals surface area contributed by atoms with Crippen molar-refractivity contribution in [2.24, 2.45) is 11.1 Å². The summed E-state index contributed by atoms with van der Waals surface area (Å²) in [7, 11) is -1.48. The second-order valence-electron chi connectivity index (χ2n) is 4.49. The van der Waals surface area contributed by atoms with Crippen molar-refractivity contribution in [2.45, 2.75) is 27.7 Å². The first kappa shape index (κ1) is 16.4. The summed E-state index contributed by atoms with van der Waals surface area (Å²) in [5.74, 6) is 0.393. The Morgan fingerprint density at radius 1 is 1.35 bits per heavy atom. The van der Waals surface area contributed by atoms with E-state index in [4.69, 9.17) is 5.14 Å². The van der Waals surface area contributed by atoms with Gasteiger partial charge in [-0.05, 0) is 39.4 Å². The van der Waals surface area contributed by atoms with Gasteiger partial charge in [0.05, 0.1) is 4.91 Å². The van der Waals surface area contributed by atoms with Gasteiger partial charge in [0.1, 0.15) is 0 Å². The summed E-state index contributed by atoms with van der Waals surface area (Å²) in [6.07, 6.45) is 3.39. The van der Waals surface area contributed by atoms with E-state index in [0.717, 1.165) is 18.7 Å². The molecule has 0 amide bonds. The smallest absolute Gasteiger partial charge is 0.233 e. The lowest BCUT2D eigenvalue weighted by atomic mass is 10.0. The highest BCUT2D eigenvalue weighted by molar-refractivity contribution is 7.93. The zero-order chi connectivity index (χ0) is 13.6. The van der Waals surface area contributed by atoms with Gasteiger partial charge in [-0.3, -0.25) is 0 Å². The van der Waals surface area contributed by atoms with Gasteiger partial charge in [0.15, 0.2) is 0 Å². The van der Waals surface area contributed by atoms with E-state index in [-0.39, 0.29) is 4.91 Å². The normalized spacial score (nSPS) is 16.4. The summed E-state index contributed by atoms with van der Waals surface area (Å²) in [5.41, 5.74) is 1.15. The number of rotatable bonds is 6. The Kier molecular flexibility index (Phi) is 6.67. The molecule has 17 heavy (non-hydrogen) atoms. The Morgan fingerprint density at radius 3 is 2.29 bits per heavy atom. The monoisotopic (exact) mass is 260 g/mol. The molecule has 0 heterocycles. The fraction of sp³-hybridized carbons (Fsp3) is 0.667. The topological polar surface area (TPSA) is 63.4 Å². The average Bonchev–Trinajstić information content (AvgIpc) is 2.23. The molecule has 2 N–H and O–H groups in total. The van der Waals surface area contributed by atoms with Crippen molar-refractivity contribution in [1.29, 1.82) is 0 Å². The predicted molar refractivity (Wildman–Crippen MR) is 73.0 cm³/mol. The van der Waals surface area contributed by atoms with Crippen LogP contribution in [0.5, 0.6) is 0 Å². The van der Waals surface area contributed by atoms with Crippen LogP contribution in [0.15, 0.2) is 22.6 Å². The largest absolute Gasteiger partial charge is 0.306 e. The van der Waals surface area contributed by atoms with Crippen LogP contribution in [-0.2, 0) is 10.0 Å². The second-order valence-corrected chi connectivity index (χ2v) is 6.22. The molecular formula is C12H24N2O2S. The predicted octanol–water partition coefficient (Wildman–Crippen LogP) is 1.71. The van der Waals surface area contributed by atoms with Crippen molar-refractivity contribution in [2.75, 3.05) is 20.1 Å². The van der Waals surface area contributed by atoms with Crippen LogP contribution in [0.2, 0.25) is 0 Å². The first-order valence-corrected chi connectivity index (χ1v) is 7.29. The molecule has 0 saturated heterocycles. The Bertz CT molecular complexity index is 397. The highest BCUT2D eigenvalue weighted by Gasteiger charge is 2.07. The van der Waals surface area contributed by atoms with Crippen LogP contribution in [0.25, 0.3) is 0 Å². The van der Waals surface area contributed by atoms with Gasteiger partial charge in [-0.25, -0.2) is 13.6 Å². The molecule has 0 aliphatic carbocycles. The first-order valence-electron chi connectivity index (χ1n) is 5.74. The van der Waals surface area contributed by atoms with Gasteiger partial charge >= 0.3 is 0 Å². The van der Waals surface area contributed by atoms with Crippen LogP contribution in [-0.4, -0.2) is 33.5 Å². The SMILES string of the molecule is CCN(C)CC(C)C(C)=CC=C(C)S(N)(=O)=O. The van der Waals surface area contributed by atoms with Gasteiger partial charge in [-0.1, -0.05) is 25.5 Å². The Labute approximate surface area is 105 Å². The van der Waals surface area contributed by atoms with Crippen LogP contribution < -0.4 is 5.14 Å². The Balaban J connectivity index is 4.66. The molecule has 0 aliphatic heterocycles. The van der Waals surface area contributed by atoms with E-state index in [2.05, 4.69) is 25.8 Å². The molecule has 100 valence electrons. The minimum absolute atomic E-state index is 0.188. The molecule has 1 unspecified atom stereocenters. The number of hydrogen-bond donors (Lipinski definition) is 1. The van der Waals surface area contributed by atoms with Gasteiger partial charge < -0.3 is 4.90 Å². The highest BCUT2D eigenvalue weighted by Crippen LogP contribution is 2.12. The summed E-state index contributed by atoms with van der Waals surface area (Å²) in [5, 5.41) is 5.01. The summed E-state index contributed by atoms with van der Waals surface area (Å²) < 4.78 is 22.0. The quantitative estimate of drug-likeness (QED) is 0.740. The molecule has 1 atom stereocenters. The zero-order valence-corrected chi connectivity index (χ0v) is 12.2. The summed E-state index contributed by atoms with van der Waals surface area (Å²) >= 11 is 0. The van der Waals surface area contributed by atoms with E-state index in [0.29, 0.717) is 5.92 Å². The molecule has 0 fully saturated rings. The standard InChI is InChI=1S/C12H24N2O2S/c1-6-14(5)9-11(3)10(2)7-8-12(4)17(13,15)16/h7-8,11H,6,9H2,1-5H3,(H2,13,15,16). The fourth-order valence-electron chi connectivity index (χ4n) is 1.25. The molecular weight excluding hydrogens is 236 g/mol. The van der Waals surface area contributed by atoms with Crippen molar-refractivity contribution < 1.29 is 8.42 Å². The van der Waals surface area contributed by atoms with Gasteiger partial charge in [0.2, 0.25) is 10.0 Å². The molecule has 0 rings (SSSR count). The van der Waals surface area contributed by atoms with Crippen molar-refractivity contribution in [3.05, 3.63) is 22.6 Å². The van der Waals surface area contributed by atoms with E-state index >= 15 is 0 Å². The van der Waals surface area contributed by atoms with Gasteiger partial charge in [0.25, 0.3) is 0 Å². The van der Waals surface area contributed by atoms with E-state index in [1.165, 1.54) is 6.92 Å². The summed E-state index contributed by atoms with van der Waals surface area (Å²) in [6.45, 7) is 9.70. The molecule has 0 aliphatic rings. The van der Waals surface area contributed by atoms with Gasteiger partial charge in [-0.15, -0.1) is 0 Å². The summed E-state index contributed by atoms with van der Waals surface area (Å²) in [4.78, 5) is 2.41. The highest BCUT2D eigenvalue weighted by atomic mass is 32.2. The van der Waals surface area contributed by atoms with Crippen molar-refractivity contribution in [3.63, 3.8) is 0 Å². The average molecular weight is 260 g/mol. The number of sulfonamides is 1. The van der Waals surface area contributed by atoms with Crippen LogP contribution in [0.4, 0.5) is 0 Å². The molecule has 5 heteroatoms. The Hall–Kier alpha value is -0.650. The maximum atomic E-state index is 11.0. The van der Waals surface area contributed by atoms with E-state index in [9.17, 15) is 8.42 Å². The lowest BCUT2D eigenvalue weighted by molar-refractivity contribution is 0.318. The Morgan fingerprint density at radius 2 is 1.88 bits per heavy atom. The molecule has 0 saturated carbocycles. The zero-order valence-electron chi connectivity index (χ0n) is 11.4. The minimum Gasteiger partial charge on any atom is -0.306 e. The van der Waals surface area contributed by atoms with E-state index in [1.54, 1.807) is 6.08 Å². The molecule has 0 aromatic rings. The molecule has 0 spiro atoms. The van der Waals surface area contributed by atoms with E-state index < -0.39 is 10.0 Å². The number of nitrogens with two attached hydrogens (primary N) is 1. The molecule has 4 nitrogen and oxygen atoms in total. The maximum Gasteiger partial charge on any atom is 0.233 e. The third-order valence-electron chi connectivity index (χ3n) is 2.93. The van der Waals surface area contributed by atoms with Gasteiger partial charge in [0, 0.05) is 6.54 Å². The lowest BCUT2D eigenvalue weighted by Crippen LogP contribution is -2.24. The van der Waals surface area contributed by atoms with Crippen molar-refractivity contribution in [1.82, 2.24) is 4.90 Å². The third kappa shape index (κ3) is 6.61. The third-order valence-corrected chi connectivity index (χ3v) is 3.97. The molecule has 0 aromatic heterocycles. The van der Waals surface area contributed by atoms with Crippen molar-refractivity contribution in [3.8, 4) is 0 Å². The molecule has 0 bridgehead atoms. The van der Waals surface area contributed by atoms with Crippen LogP contribution in [0, 0.1) is 5.92 Å². The minimum atomic E-state index is -3.55. The first-order chi connectivity index (χ1) is 7.68. The second kappa shape index (κ2) is 6.93. The fourth-order valence-corrected chi connectivity index (χ4v) is 1.51. The van der Waals surface area contributed by atoms with Crippen LogP contribution >= 0.6 is 0 Å². The summed E-state index contributed by atoms with van der Waals surface area (Å²) in [6, 6.07) is 0. The van der Waals surface area contributed by atoms with Crippen LogP contribution in [0.1, 0.15) is 27.7 Å². The molecule has 0 aromatic carbocycles. The number of allylic oxidation sites excluding steroid dienone is 3. The molecule has 0 radical (unpaired) electrons.